The van der Waals surface area contributed by atoms with E-state index >= 15 is 0 Å². The van der Waals surface area contributed by atoms with E-state index in [-0.39, 0.29) is 11.6 Å². The molecule has 0 atom stereocenters. The maximum absolute atomic E-state index is 8.74. The minimum Gasteiger partial charge on any atom is -0.498 e. The van der Waals surface area contributed by atoms with Crippen LogP contribution in [0.1, 0.15) is 0 Å². The molecule has 0 rings (SSSR count). The Morgan fingerprint density at radius 3 is 1.69 bits per heavy atom. The summed E-state index contributed by atoms with van der Waals surface area (Å²) in [4.78, 5) is 0. The van der Waals surface area contributed by atoms with Crippen LogP contribution >= 0.6 is 0 Å². The molecule has 0 unspecified atom stereocenters. The highest BCUT2D eigenvalue weighted by molar-refractivity contribution is 7.79. The first-order valence-corrected chi connectivity index (χ1v) is 3.84. The Labute approximate surface area is 77.2 Å². The average Bonchev–Trinajstić information content (AvgIpc) is 1.79. The molecule has 0 fully saturated rings. The van der Waals surface area contributed by atoms with Crippen LogP contribution in [0.15, 0.2) is 25.5 Å². The summed E-state index contributed by atoms with van der Waals surface area (Å²) in [7, 11) is -4.67. The lowest BCUT2D eigenvalue weighted by atomic mass is 10.7. The molecule has 0 bridgehead atoms. The maximum atomic E-state index is 8.74. The molecule has 0 spiro atoms. The van der Waals surface area contributed by atoms with E-state index in [2.05, 4.69) is 17.9 Å². The summed E-state index contributed by atoms with van der Waals surface area (Å²) >= 11 is 0. The van der Waals surface area contributed by atoms with Gasteiger partial charge in [0, 0.05) is 0 Å². The molecule has 82 valence electrons. The second-order valence-electron chi connectivity index (χ2n) is 1.24. The van der Waals surface area contributed by atoms with E-state index in [0.717, 1.165) is 0 Å². The first kappa shape index (κ1) is 22.7. The van der Waals surface area contributed by atoms with E-state index < -0.39 is 10.4 Å². The van der Waals surface area contributed by atoms with Gasteiger partial charge in [-0.3, -0.25) is 9.11 Å². The summed E-state index contributed by atoms with van der Waals surface area (Å²) in [5.41, 5.74) is 0. The topological polar surface area (TPSA) is 150 Å². The predicted molar refractivity (Wildman–Crippen MR) is 49.2 cm³/mol. The molecule has 0 saturated carbocycles. The van der Waals surface area contributed by atoms with Gasteiger partial charge in [-0.15, -0.1) is 0 Å². The molecule has 0 radical (unpaired) electrons. The highest BCUT2D eigenvalue weighted by Crippen LogP contribution is 1.69. The van der Waals surface area contributed by atoms with Crippen molar-refractivity contribution in [2.45, 2.75) is 0 Å². The van der Waals surface area contributed by atoms with Crippen molar-refractivity contribution in [2.75, 3.05) is 6.61 Å². The van der Waals surface area contributed by atoms with Crippen LogP contribution in [0.25, 0.3) is 0 Å². The van der Waals surface area contributed by atoms with Gasteiger partial charge in [0.25, 0.3) is 0 Å². The van der Waals surface area contributed by atoms with Gasteiger partial charge < -0.3 is 16.4 Å². The molecule has 0 aromatic carbocycles. The zero-order chi connectivity index (χ0) is 9.33. The molecule has 0 aromatic heterocycles. The largest absolute Gasteiger partial charge is 0.498 e. The van der Waals surface area contributed by atoms with Gasteiger partial charge in [-0.1, -0.05) is 19.2 Å². The fourth-order valence-electron chi connectivity index (χ4n) is 0.136. The number of hydrogen-bond donors (Lipinski definition) is 3. The number of ether oxygens (including phenoxy) is 1. The fraction of sp³-hybridized carbons (Fsp3) is 0.200. The van der Waals surface area contributed by atoms with E-state index in [9.17, 15) is 0 Å². The molecule has 13 heavy (non-hydrogen) atoms. The third-order valence-electron chi connectivity index (χ3n) is 0.332. The van der Waals surface area contributed by atoms with Crippen molar-refractivity contribution in [3.63, 3.8) is 0 Å². The third kappa shape index (κ3) is 213. The van der Waals surface area contributed by atoms with Crippen LogP contribution in [0.3, 0.4) is 0 Å². The Balaban J connectivity index is -0.0000000546. The summed E-state index contributed by atoms with van der Waals surface area (Å²) in [6.07, 6.45) is 3.06. The molecule has 0 amide bonds. The monoisotopic (exact) mass is 217 g/mol. The van der Waals surface area contributed by atoms with Crippen LogP contribution < -0.4 is 6.15 Å². The maximum Gasteiger partial charge on any atom is 0.394 e. The van der Waals surface area contributed by atoms with Gasteiger partial charge in [-0.25, -0.2) is 0 Å². The second kappa shape index (κ2) is 13.6. The van der Waals surface area contributed by atoms with E-state index in [4.69, 9.17) is 17.5 Å². The highest BCUT2D eigenvalue weighted by Gasteiger charge is 1.84. The van der Waals surface area contributed by atoms with Gasteiger partial charge in [-0.05, 0) is 0 Å². The summed E-state index contributed by atoms with van der Waals surface area (Å²) < 4.78 is 36.2. The van der Waals surface area contributed by atoms with Crippen molar-refractivity contribution in [3.05, 3.63) is 25.5 Å². The standard InChI is InChI=1S/C5H8O.H3N.H2O4S.H2O/c1-3-5-6-4-2;;1-5(2,3)4;/h3-4H,1-2,5H2;1H3;(H2,1,2,3,4);1H2. The molecular formula is C5H15NO6S. The Bertz CT molecular complexity index is 183. The average molecular weight is 217 g/mol. The van der Waals surface area contributed by atoms with E-state index in [1.54, 1.807) is 6.08 Å². The highest BCUT2D eigenvalue weighted by atomic mass is 32.3. The molecule has 8 heteroatoms. The van der Waals surface area contributed by atoms with Gasteiger partial charge in [0.15, 0.2) is 0 Å². The smallest absolute Gasteiger partial charge is 0.394 e. The lowest BCUT2D eigenvalue weighted by Gasteiger charge is -1.86. The van der Waals surface area contributed by atoms with Crippen LogP contribution in [0, 0.1) is 0 Å². The molecule has 0 aromatic rings. The van der Waals surface area contributed by atoms with Crippen molar-refractivity contribution >= 4 is 10.4 Å². The first-order valence-electron chi connectivity index (χ1n) is 2.45. The molecule has 0 aliphatic rings. The van der Waals surface area contributed by atoms with E-state index in [1.807, 2.05) is 0 Å². The zero-order valence-electron chi connectivity index (χ0n) is 7.01. The number of hydrogen-bond acceptors (Lipinski definition) is 4. The lowest BCUT2D eigenvalue weighted by molar-refractivity contribution is 0.291. The molecular weight excluding hydrogens is 202 g/mol. The van der Waals surface area contributed by atoms with Gasteiger partial charge in [-0.2, -0.15) is 8.42 Å². The normalized spacial score (nSPS) is 7.54. The van der Waals surface area contributed by atoms with Crippen LogP contribution in [-0.4, -0.2) is 29.6 Å². The van der Waals surface area contributed by atoms with Gasteiger partial charge in [0.2, 0.25) is 0 Å². The Morgan fingerprint density at radius 1 is 1.31 bits per heavy atom. The SMILES string of the molecule is C=CCOC=C.N.O.O=S(=O)(O)O. The fourth-order valence-corrected chi connectivity index (χ4v) is 0.136. The van der Waals surface area contributed by atoms with Crippen molar-refractivity contribution in [3.8, 4) is 0 Å². The Kier molecular flexibility index (Phi) is 23.8. The second-order valence-corrected chi connectivity index (χ2v) is 2.13. The molecule has 0 saturated heterocycles. The van der Waals surface area contributed by atoms with Crippen molar-refractivity contribution in [2.24, 2.45) is 0 Å². The summed E-state index contributed by atoms with van der Waals surface area (Å²) in [6.45, 7) is 7.31. The van der Waals surface area contributed by atoms with Crippen LogP contribution in [0.2, 0.25) is 0 Å². The van der Waals surface area contributed by atoms with Crippen LogP contribution in [-0.2, 0) is 15.1 Å². The third-order valence-corrected chi connectivity index (χ3v) is 0.332. The minimum atomic E-state index is -4.67. The molecule has 0 heterocycles. The Morgan fingerprint density at radius 2 is 1.62 bits per heavy atom. The first-order chi connectivity index (χ1) is 4.91. The molecule has 0 aliphatic heterocycles. The summed E-state index contributed by atoms with van der Waals surface area (Å²) in [5, 5.41) is 0. The predicted octanol–water partition coefficient (Wildman–Crippen LogP) is 0.0170. The minimum absolute atomic E-state index is 0. The van der Waals surface area contributed by atoms with Gasteiger partial charge in [0.05, 0.1) is 6.26 Å². The van der Waals surface area contributed by atoms with E-state index in [0.29, 0.717) is 6.61 Å². The summed E-state index contributed by atoms with van der Waals surface area (Å²) in [5.74, 6) is 0. The van der Waals surface area contributed by atoms with E-state index in [1.165, 1.54) is 6.26 Å². The van der Waals surface area contributed by atoms with Crippen LogP contribution in [0.5, 0.6) is 0 Å². The molecule has 7 nitrogen and oxygen atoms in total. The van der Waals surface area contributed by atoms with Crippen LogP contribution in [0.4, 0.5) is 0 Å². The molecule has 0 aliphatic carbocycles. The van der Waals surface area contributed by atoms with Crippen molar-refractivity contribution in [1.82, 2.24) is 6.15 Å². The Hall–Kier alpha value is -0.930. The lowest BCUT2D eigenvalue weighted by Crippen LogP contribution is -1.89. The van der Waals surface area contributed by atoms with Crippen molar-refractivity contribution < 1.29 is 27.7 Å². The van der Waals surface area contributed by atoms with Crippen molar-refractivity contribution in [1.29, 1.82) is 0 Å². The molecule has 7 N–H and O–H groups in total. The zero-order valence-corrected chi connectivity index (χ0v) is 7.83. The van der Waals surface area contributed by atoms with Gasteiger partial charge in [0.1, 0.15) is 6.61 Å². The van der Waals surface area contributed by atoms with Gasteiger partial charge >= 0.3 is 10.4 Å². The quantitative estimate of drug-likeness (QED) is 0.262. The summed E-state index contributed by atoms with van der Waals surface area (Å²) in [6, 6.07) is 0. The number of rotatable bonds is 3.